The predicted octanol–water partition coefficient (Wildman–Crippen LogP) is 3.66. The number of rotatable bonds is 5. The van der Waals surface area contributed by atoms with Crippen molar-refractivity contribution < 1.29 is 4.74 Å². The van der Waals surface area contributed by atoms with Gasteiger partial charge >= 0.3 is 0 Å². The van der Waals surface area contributed by atoms with Crippen LogP contribution in [0.4, 0.5) is 11.4 Å². The van der Waals surface area contributed by atoms with Gasteiger partial charge in [0.1, 0.15) is 5.75 Å². The van der Waals surface area contributed by atoms with Crippen molar-refractivity contribution in [1.82, 2.24) is 0 Å². The molecule has 0 saturated heterocycles. The molecule has 1 aliphatic carbocycles. The van der Waals surface area contributed by atoms with Crippen LogP contribution in [-0.2, 0) is 0 Å². The first-order chi connectivity index (χ1) is 8.78. The Bertz CT molecular complexity index is 373. The SMILES string of the molecule is CCOc1cc(N)cc(NCC2CCCCC2)c1. The standard InChI is InChI=1S/C15H24N2O/c1-2-18-15-9-13(16)8-14(10-15)17-11-12-6-4-3-5-7-12/h8-10,12,17H,2-7,11,16H2,1H3. The van der Waals surface area contributed by atoms with Crippen LogP contribution in [0.1, 0.15) is 39.0 Å². The molecule has 0 heterocycles. The van der Waals surface area contributed by atoms with Crippen molar-refractivity contribution in [2.45, 2.75) is 39.0 Å². The van der Waals surface area contributed by atoms with E-state index in [-0.39, 0.29) is 0 Å². The summed E-state index contributed by atoms with van der Waals surface area (Å²) in [6.45, 7) is 3.71. The van der Waals surface area contributed by atoms with Gasteiger partial charge in [-0.1, -0.05) is 19.3 Å². The van der Waals surface area contributed by atoms with Gasteiger partial charge in [0.2, 0.25) is 0 Å². The molecule has 1 fully saturated rings. The molecule has 0 bridgehead atoms. The lowest BCUT2D eigenvalue weighted by atomic mass is 9.89. The molecule has 0 aromatic heterocycles. The van der Waals surface area contributed by atoms with Gasteiger partial charge in [0, 0.05) is 30.1 Å². The Morgan fingerprint density at radius 3 is 2.72 bits per heavy atom. The van der Waals surface area contributed by atoms with Gasteiger partial charge < -0.3 is 15.8 Å². The summed E-state index contributed by atoms with van der Waals surface area (Å²) in [7, 11) is 0. The van der Waals surface area contributed by atoms with E-state index in [4.69, 9.17) is 10.5 Å². The van der Waals surface area contributed by atoms with Crippen LogP contribution < -0.4 is 15.8 Å². The van der Waals surface area contributed by atoms with E-state index >= 15 is 0 Å². The van der Waals surface area contributed by atoms with Gasteiger partial charge in [-0.3, -0.25) is 0 Å². The summed E-state index contributed by atoms with van der Waals surface area (Å²) in [6, 6.07) is 5.88. The summed E-state index contributed by atoms with van der Waals surface area (Å²) in [4.78, 5) is 0. The fourth-order valence-corrected chi connectivity index (χ4v) is 2.63. The number of benzene rings is 1. The minimum absolute atomic E-state index is 0.672. The zero-order valence-electron chi connectivity index (χ0n) is 11.2. The third kappa shape index (κ3) is 3.83. The maximum atomic E-state index is 5.88. The molecule has 0 unspecified atom stereocenters. The van der Waals surface area contributed by atoms with Gasteiger partial charge in [0.05, 0.1) is 6.61 Å². The van der Waals surface area contributed by atoms with Gasteiger partial charge in [0.15, 0.2) is 0 Å². The largest absolute Gasteiger partial charge is 0.494 e. The second-order valence-corrected chi connectivity index (χ2v) is 5.11. The van der Waals surface area contributed by atoms with Crippen LogP contribution in [0, 0.1) is 5.92 Å². The number of ether oxygens (including phenoxy) is 1. The van der Waals surface area contributed by atoms with E-state index in [0.717, 1.165) is 29.6 Å². The number of hydrogen-bond donors (Lipinski definition) is 2. The van der Waals surface area contributed by atoms with E-state index in [0.29, 0.717) is 6.61 Å². The van der Waals surface area contributed by atoms with Crippen molar-refractivity contribution in [1.29, 1.82) is 0 Å². The van der Waals surface area contributed by atoms with Crippen LogP contribution >= 0.6 is 0 Å². The highest BCUT2D eigenvalue weighted by Crippen LogP contribution is 2.26. The number of hydrogen-bond acceptors (Lipinski definition) is 3. The van der Waals surface area contributed by atoms with E-state index in [2.05, 4.69) is 5.32 Å². The van der Waals surface area contributed by atoms with E-state index in [9.17, 15) is 0 Å². The van der Waals surface area contributed by atoms with Crippen LogP contribution in [0.5, 0.6) is 5.75 Å². The smallest absolute Gasteiger partial charge is 0.123 e. The zero-order chi connectivity index (χ0) is 12.8. The number of nitrogen functional groups attached to an aromatic ring is 1. The molecule has 0 aliphatic heterocycles. The second-order valence-electron chi connectivity index (χ2n) is 5.11. The van der Waals surface area contributed by atoms with Gasteiger partial charge in [-0.15, -0.1) is 0 Å². The molecular weight excluding hydrogens is 224 g/mol. The second kappa shape index (κ2) is 6.53. The van der Waals surface area contributed by atoms with Gasteiger partial charge in [0.25, 0.3) is 0 Å². The lowest BCUT2D eigenvalue weighted by Gasteiger charge is -2.22. The topological polar surface area (TPSA) is 47.3 Å². The maximum Gasteiger partial charge on any atom is 0.123 e. The van der Waals surface area contributed by atoms with Crippen molar-refractivity contribution in [2.24, 2.45) is 5.92 Å². The van der Waals surface area contributed by atoms with Crippen molar-refractivity contribution in [2.75, 3.05) is 24.2 Å². The van der Waals surface area contributed by atoms with E-state index in [1.165, 1.54) is 32.1 Å². The molecule has 0 atom stereocenters. The zero-order valence-corrected chi connectivity index (χ0v) is 11.2. The molecule has 0 radical (unpaired) electrons. The Morgan fingerprint density at radius 1 is 1.22 bits per heavy atom. The first kappa shape index (κ1) is 13.1. The number of nitrogens with two attached hydrogens (primary N) is 1. The molecule has 100 valence electrons. The van der Waals surface area contributed by atoms with E-state index < -0.39 is 0 Å². The highest BCUT2D eigenvalue weighted by molar-refractivity contribution is 5.59. The van der Waals surface area contributed by atoms with Crippen molar-refractivity contribution in [3.05, 3.63) is 18.2 Å². The van der Waals surface area contributed by atoms with E-state index in [1.807, 2.05) is 25.1 Å². The maximum absolute atomic E-state index is 5.88. The highest BCUT2D eigenvalue weighted by Gasteiger charge is 2.13. The highest BCUT2D eigenvalue weighted by atomic mass is 16.5. The molecular formula is C15H24N2O. The molecule has 0 amide bonds. The van der Waals surface area contributed by atoms with Gasteiger partial charge in [-0.2, -0.15) is 0 Å². The first-order valence-corrected chi connectivity index (χ1v) is 7.05. The fourth-order valence-electron chi connectivity index (χ4n) is 2.63. The van der Waals surface area contributed by atoms with Crippen LogP contribution in [0.3, 0.4) is 0 Å². The molecule has 3 heteroatoms. The molecule has 1 saturated carbocycles. The third-order valence-electron chi connectivity index (χ3n) is 3.56. The third-order valence-corrected chi connectivity index (χ3v) is 3.56. The molecule has 18 heavy (non-hydrogen) atoms. The first-order valence-electron chi connectivity index (χ1n) is 7.05. The summed E-state index contributed by atoms with van der Waals surface area (Å²) >= 11 is 0. The normalized spacial score (nSPS) is 16.5. The Balaban J connectivity index is 1.91. The molecule has 3 nitrogen and oxygen atoms in total. The van der Waals surface area contributed by atoms with E-state index in [1.54, 1.807) is 0 Å². The summed E-state index contributed by atoms with van der Waals surface area (Å²) in [5, 5.41) is 3.49. The Morgan fingerprint density at radius 2 is 2.00 bits per heavy atom. The number of anilines is 2. The van der Waals surface area contributed by atoms with Crippen molar-refractivity contribution >= 4 is 11.4 Å². The van der Waals surface area contributed by atoms with Crippen molar-refractivity contribution in [3.8, 4) is 5.75 Å². The van der Waals surface area contributed by atoms with Crippen molar-refractivity contribution in [3.63, 3.8) is 0 Å². The predicted molar refractivity (Wildman–Crippen MR) is 77.1 cm³/mol. The molecule has 3 N–H and O–H groups in total. The Kier molecular flexibility index (Phi) is 4.73. The molecule has 2 rings (SSSR count). The van der Waals surface area contributed by atoms with Gasteiger partial charge in [-0.25, -0.2) is 0 Å². The van der Waals surface area contributed by atoms with Crippen LogP contribution in [-0.4, -0.2) is 13.2 Å². The summed E-state index contributed by atoms with van der Waals surface area (Å²) in [5.41, 5.74) is 7.71. The number of nitrogens with one attached hydrogen (secondary N) is 1. The Hall–Kier alpha value is -1.38. The minimum atomic E-state index is 0.672. The molecule has 1 aromatic rings. The lowest BCUT2D eigenvalue weighted by molar-refractivity contribution is 0.340. The average Bonchev–Trinajstić information content (AvgIpc) is 2.37. The summed E-state index contributed by atoms with van der Waals surface area (Å²) < 4.78 is 5.50. The minimum Gasteiger partial charge on any atom is -0.494 e. The molecule has 1 aromatic carbocycles. The average molecular weight is 248 g/mol. The van der Waals surface area contributed by atoms with Gasteiger partial charge in [-0.05, 0) is 31.7 Å². The lowest BCUT2D eigenvalue weighted by Crippen LogP contribution is -2.17. The summed E-state index contributed by atoms with van der Waals surface area (Å²) in [6.07, 6.45) is 6.88. The van der Waals surface area contributed by atoms with Crippen LogP contribution in [0.15, 0.2) is 18.2 Å². The van der Waals surface area contributed by atoms with Crippen LogP contribution in [0.25, 0.3) is 0 Å². The quantitative estimate of drug-likeness (QED) is 0.782. The molecule has 0 spiro atoms. The summed E-state index contributed by atoms with van der Waals surface area (Å²) in [5.74, 6) is 1.67. The molecule has 1 aliphatic rings. The van der Waals surface area contributed by atoms with Crippen LogP contribution in [0.2, 0.25) is 0 Å². The monoisotopic (exact) mass is 248 g/mol. The Labute approximate surface area is 110 Å². The fraction of sp³-hybridized carbons (Fsp3) is 0.600.